The summed E-state index contributed by atoms with van der Waals surface area (Å²) in [6, 6.07) is 0. The maximum absolute atomic E-state index is 12.6. The van der Waals surface area contributed by atoms with Gasteiger partial charge in [0.15, 0.2) is 5.78 Å². The number of rotatable bonds is 0. The molecule has 0 saturated heterocycles. The highest BCUT2D eigenvalue weighted by Gasteiger charge is 2.59. The average Bonchev–Trinajstić information content (AvgIpc) is 2.70. The van der Waals surface area contributed by atoms with Crippen molar-refractivity contribution >= 4 is 5.78 Å². The predicted molar refractivity (Wildman–Crippen MR) is 85.8 cm³/mol. The third-order valence-corrected chi connectivity index (χ3v) is 7.77. The summed E-state index contributed by atoms with van der Waals surface area (Å²) in [6.45, 7) is 8.83. The van der Waals surface area contributed by atoms with E-state index in [1.807, 2.05) is 0 Å². The van der Waals surface area contributed by atoms with E-state index in [1.54, 1.807) is 0 Å². The van der Waals surface area contributed by atoms with Gasteiger partial charge in [0.25, 0.3) is 0 Å². The Morgan fingerprint density at radius 1 is 1.10 bits per heavy atom. The van der Waals surface area contributed by atoms with Crippen LogP contribution in [0.3, 0.4) is 0 Å². The Morgan fingerprint density at radius 3 is 2.71 bits per heavy atom. The SMILES string of the molecule is C=C1C[C@H]2[C@@H]3C=C[C@@H]4CCCC[C@]4(C)[C@H]3CC[C@]2(C)C1=O. The zero-order valence-electron chi connectivity index (χ0n) is 13.5. The van der Waals surface area contributed by atoms with Crippen molar-refractivity contribution in [2.45, 2.75) is 58.8 Å². The maximum atomic E-state index is 12.6. The topological polar surface area (TPSA) is 17.1 Å². The number of allylic oxidation sites excluding steroid dienone is 3. The summed E-state index contributed by atoms with van der Waals surface area (Å²) in [7, 11) is 0. The van der Waals surface area contributed by atoms with Gasteiger partial charge in [-0.1, -0.05) is 45.4 Å². The number of carbonyl (C=O) groups excluding carboxylic acids is 1. The quantitative estimate of drug-likeness (QED) is 0.455. The third-order valence-electron chi connectivity index (χ3n) is 7.77. The van der Waals surface area contributed by atoms with Crippen molar-refractivity contribution in [2.75, 3.05) is 0 Å². The van der Waals surface area contributed by atoms with Gasteiger partial charge in [-0.2, -0.15) is 0 Å². The molecule has 0 unspecified atom stereocenters. The van der Waals surface area contributed by atoms with Gasteiger partial charge in [-0.15, -0.1) is 0 Å². The first-order valence-corrected chi connectivity index (χ1v) is 8.88. The van der Waals surface area contributed by atoms with E-state index in [0.29, 0.717) is 23.0 Å². The second kappa shape index (κ2) is 4.33. The lowest BCUT2D eigenvalue weighted by Gasteiger charge is -2.57. The molecule has 0 aromatic rings. The number of ketones is 1. The maximum Gasteiger partial charge on any atom is 0.164 e. The minimum atomic E-state index is -0.111. The molecule has 0 aliphatic heterocycles. The van der Waals surface area contributed by atoms with Crippen molar-refractivity contribution in [1.82, 2.24) is 0 Å². The number of carbonyl (C=O) groups is 1. The molecular weight excluding hydrogens is 256 g/mol. The lowest BCUT2D eigenvalue weighted by molar-refractivity contribution is -0.130. The van der Waals surface area contributed by atoms with Crippen LogP contribution in [0.15, 0.2) is 24.3 Å². The number of Topliss-reactive ketones (excluding diaryl/α,β-unsaturated/α-hetero) is 1. The first-order chi connectivity index (χ1) is 9.97. The molecule has 3 fully saturated rings. The highest BCUT2D eigenvalue weighted by atomic mass is 16.1. The van der Waals surface area contributed by atoms with Gasteiger partial charge in [-0.05, 0) is 66.8 Å². The van der Waals surface area contributed by atoms with E-state index in [2.05, 4.69) is 32.6 Å². The monoisotopic (exact) mass is 284 g/mol. The lowest BCUT2D eigenvalue weighted by atomic mass is 9.47. The second-order valence-electron chi connectivity index (χ2n) is 8.63. The lowest BCUT2D eigenvalue weighted by Crippen LogP contribution is -2.50. The minimum absolute atomic E-state index is 0.111. The molecule has 114 valence electrons. The molecule has 1 heteroatoms. The fraction of sp³-hybridized carbons (Fsp3) is 0.750. The Kier molecular flexibility index (Phi) is 2.85. The standard InChI is InChI=1S/C20H28O/c1-13-12-17-15-8-7-14-6-4-5-10-19(14,2)16(15)9-11-20(17,3)18(13)21/h7-8,14-17H,1,4-6,9-12H2,2-3H3/t14-,15+,16-,17-,19-,20-/m0/s1. The molecule has 0 radical (unpaired) electrons. The summed E-state index contributed by atoms with van der Waals surface area (Å²) in [5.74, 6) is 3.09. The van der Waals surface area contributed by atoms with E-state index in [0.717, 1.165) is 30.3 Å². The van der Waals surface area contributed by atoms with E-state index in [-0.39, 0.29) is 5.41 Å². The van der Waals surface area contributed by atoms with Crippen molar-refractivity contribution < 1.29 is 4.79 Å². The van der Waals surface area contributed by atoms with Gasteiger partial charge in [-0.25, -0.2) is 0 Å². The molecule has 0 amide bonds. The van der Waals surface area contributed by atoms with Crippen molar-refractivity contribution in [2.24, 2.45) is 34.5 Å². The van der Waals surface area contributed by atoms with Crippen LogP contribution in [0.5, 0.6) is 0 Å². The Bertz CT molecular complexity index is 530. The van der Waals surface area contributed by atoms with Crippen LogP contribution in [-0.2, 0) is 4.79 Å². The van der Waals surface area contributed by atoms with E-state index in [9.17, 15) is 4.79 Å². The van der Waals surface area contributed by atoms with Crippen LogP contribution in [-0.4, -0.2) is 5.78 Å². The Hall–Kier alpha value is -0.850. The van der Waals surface area contributed by atoms with E-state index < -0.39 is 0 Å². The van der Waals surface area contributed by atoms with Crippen LogP contribution in [0.1, 0.15) is 58.8 Å². The van der Waals surface area contributed by atoms with Crippen LogP contribution in [0.25, 0.3) is 0 Å². The highest BCUT2D eigenvalue weighted by Crippen LogP contribution is 2.64. The van der Waals surface area contributed by atoms with Crippen molar-refractivity contribution in [3.05, 3.63) is 24.3 Å². The van der Waals surface area contributed by atoms with E-state index >= 15 is 0 Å². The van der Waals surface area contributed by atoms with E-state index in [4.69, 9.17) is 0 Å². The van der Waals surface area contributed by atoms with Gasteiger partial charge in [0.2, 0.25) is 0 Å². The normalized spacial score (nSPS) is 52.3. The molecule has 0 aromatic carbocycles. The molecule has 0 bridgehead atoms. The molecule has 0 aromatic heterocycles. The smallest absolute Gasteiger partial charge is 0.164 e. The van der Waals surface area contributed by atoms with Gasteiger partial charge < -0.3 is 0 Å². The molecule has 6 atom stereocenters. The molecule has 1 nitrogen and oxygen atoms in total. The molecule has 4 aliphatic rings. The van der Waals surface area contributed by atoms with Crippen LogP contribution in [0.2, 0.25) is 0 Å². The second-order valence-corrected chi connectivity index (χ2v) is 8.63. The van der Waals surface area contributed by atoms with Crippen LogP contribution in [0, 0.1) is 34.5 Å². The first-order valence-electron chi connectivity index (χ1n) is 8.88. The predicted octanol–water partition coefficient (Wildman–Crippen LogP) is 4.93. The Morgan fingerprint density at radius 2 is 1.90 bits per heavy atom. The molecule has 21 heavy (non-hydrogen) atoms. The van der Waals surface area contributed by atoms with E-state index in [1.165, 1.54) is 32.1 Å². The molecule has 0 heterocycles. The van der Waals surface area contributed by atoms with Crippen molar-refractivity contribution in [3.63, 3.8) is 0 Å². The molecule has 4 aliphatic carbocycles. The number of hydrogen-bond donors (Lipinski definition) is 0. The first kappa shape index (κ1) is 13.8. The summed E-state index contributed by atoms with van der Waals surface area (Å²) in [5.41, 5.74) is 1.28. The molecule has 3 saturated carbocycles. The largest absolute Gasteiger partial charge is 0.294 e. The fourth-order valence-electron chi connectivity index (χ4n) is 6.41. The van der Waals surface area contributed by atoms with Crippen molar-refractivity contribution in [1.29, 1.82) is 0 Å². The third kappa shape index (κ3) is 1.67. The summed E-state index contributed by atoms with van der Waals surface area (Å²) in [4.78, 5) is 12.6. The minimum Gasteiger partial charge on any atom is -0.294 e. The van der Waals surface area contributed by atoms with Gasteiger partial charge in [-0.3, -0.25) is 4.79 Å². The zero-order valence-corrected chi connectivity index (χ0v) is 13.5. The molecule has 4 rings (SSSR count). The Labute approximate surface area is 128 Å². The van der Waals surface area contributed by atoms with Gasteiger partial charge in [0.1, 0.15) is 0 Å². The van der Waals surface area contributed by atoms with Crippen LogP contribution >= 0.6 is 0 Å². The van der Waals surface area contributed by atoms with Crippen molar-refractivity contribution in [3.8, 4) is 0 Å². The summed E-state index contributed by atoms with van der Waals surface area (Å²) in [5, 5.41) is 0. The van der Waals surface area contributed by atoms with Crippen LogP contribution in [0.4, 0.5) is 0 Å². The van der Waals surface area contributed by atoms with Gasteiger partial charge in [0.05, 0.1) is 0 Å². The van der Waals surface area contributed by atoms with Gasteiger partial charge in [0, 0.05) is 5.41 Å². The van der Waals surface area contributed by atoms with Crippen LogP contribution < -0.4 is 0 Å². The molecule has 0 spiro atoms. The zero-order chi connectivity index (χ0) is 14.8. The molecular formula is C20H28O. The Balaban J connectivity index is 1.73. The number of fused-ring (bicyclic) bond motifs is 5. The van der Waals surface area contributed by atoms with Gasteiger partial charge >= 0.3 is 0 Å². The summed E-state index contributed by atoms with van der Waals surface area (Å²) < 4.78 is 0. The highest BCUT2D eigenvalue weighted by molar-refractivity contribution is 6.02. The number of hydrogen-bond acceptors (Lipinski definition) is 1. The summed E-state index contributed by atoms with van der Waals surface area (Å²) >= 11 is 0. The molecule has 0 N–H and O–H groups in total. The summed E-state index contributed by atoms with van der Waals surface area (Å²) in [6.07, 6.45) is 13.9. The average molecular weight is 284 g/mol. The fourth-order valence-corrected chi connectivity index (χ4v) is 6.41.